The highest BCUT2D eigenvalue weighted by molar-refractivity contribution is 5.85. The molecule has 0 atom stereocenters. The van der Waals surface area contributed by atoms with E-state index in [1.165, 1.54) is 22.3 Å². The predicted octanol–water partition coefficient (Wildman–Crippen LogP) is 3.77. The fourth-order valence-corrected chi connectivity index (χ4v) is 2.19. The first-order chi connectivity index (χ1) is 7.45. The lowest BCUT2D eigenvalue weighted by atomic mass is 9.94. The molecule has 0 heterocycles. The van der Waals surface area contributed by atoms with Gasteiger partial charge in [-0.15, -0.1) is 0 Å². The van der Waals surface area contributed by atoms with E-state index in [-0.39, 0.29) is 0 Å². The standard InChI is InChI=1S/C15H12/c1-3-8-13-10-5-11-14-9-4-2-7-12(6-1)15(13)14/h1-8,10-11H,9H2. The summed E-state index contributed by atoms with van der Waals surface area (Å²) in [5.41, 5.74) is 5.46. The smallest absolute Gasteiger partial charge is 0.00762 e. The Labute approximate surface area is 89.9 Å². The molecule has 0 fully saturated rings. The van der Waals surface area contributed by atoms with Crippen molar-refractivity contribution in [2.45, 2.75) is 6.42 Å². The summed E-state index contributed by atoms with van der Waals surface area (Å²) in [6.45, 7) is 0. The second-order valence-corrected chi connectivity index (χ2v) is 3.85. The quantitative estimate of drug-likeness (QED) is 0.587. The Hall–Kier alpha value is -1.82. The van der Waals surface area contributed by atoms with E-state index in [4.69, 9.17) is 0 Å². The van der Waals surface area contributed by atoms with Gasteiger partial charge in [-0.3, -0.25) is 0 Å². The van der Waals surface area contributed by atoms with Crippen molar-refractivity contribution in [2.75, 3.05) is 0 Å². The first-order valence-electron chi connectivity index (χ1n) is 5.29. The summed E-state index contributed by atoms with van der Waals surface area (Å²) in [5, 5.41) is 0. The Bertz CT molecular complexity index is 511. The molecule has 15 heavy (non-hydrogen) atoms. The van der Waals surface area contributed by atoms with Crippen LogP contribution in [0.3, 0.4) is 0 Å². The van der Waals surface area contributed by atoms with E-state index in [1.807, 2.05) is 0 Å². The molecule has 0 bridgehead atoms. The molecule has 0 N–H and O–H groups in total. The van der Waals surface area contributed by atoms with Crippen molar-refractivity contribution in [2.24, 2.45) is 0 Å². The molecular weight excluding hydrogens is 180 g/mol. The van der Waals surface area contributed by atoms with Crippen LogP contribution in [0.15, 0.2) is 54.7 Å². The van der Waals surface area contributed by atoms with E-state index in [1.54, 1.807) is 0 Å². The van der Waals surface area contributed by atoms with Crippen LogP contribution in [0.2, 0.25) is 0 Å². The predicted molar refractivity (Wildman–Crippen MR) is 65.4 cm³/mol. The third-order valence-electron chi connectivity index (χ3n) is 2.88. The number of benzene rings is 1. The summed E-state index contributed by atoms with van der Waals surface area (Å²) in [6.07, 6.45) is 16.2. The van der Waals surface area contributed by atoms with Gasteiger partial charge in [0.15, 0.2) is 0 Å². The average Bonchev–Trinajstić information content (AvgIpc) is 2.58. The van der Waals surface area contributed by atoms with Gasteiger partial charge < -0.3 is 0 Å². The highest BCUT2D eigenvalue weighted by Gasteiger charge is 2.11. The molecule has 1 aromatic rings. The largest absolute Gasteiger partial charge is 0.0801 e. The van der Waals surface area contributed by atoms with E-state index in [9.17, 15) is 0 Å². The minimum Gasteiger partial charge on any atom is -0.0801 e. The summed E-state index contributed by atoms with van der Waals surface area (Å²) >= 11 is 0. The van der Waals surface area contributed by atoms with Gasteiger partial charge in [0.1, 0.15) is 0 Å². The minimum absolute atomic E-state index is 1.03. The number of hydrogen-bond donors (Lipinski definition) is 0. The van der Waals surface area contributed by atoms with E-state index in [0.717, 1.165) is 6.42 Å². The van der Waals surface area contributed by atoms with Crippen LogP contribution in [-0.2, 0) is 6.42 Å². The molecule has 0 saturated heterocycles. The highest BCUT2D eigenvalue weighted by atomic mass is 14.1. The van der Waals surface area contributed by atoms with Crippen LogP contribution in [0.25, 0.3) is 11.6 Å². The van der Waals surface area contributed by atoms with Crippen LogP contribution in [0, 0.1) is 0 Å². The van der Waals surface area contributed by atoms with Crippen molar-refractivity contribution < 1.29 is 0 Å². The minimum atomic E-state index is 1.03. The molecule has 0 spiro atoms. The zero-order chi connectivity index (χ0) is 10.1. The van der Waals surface area contributed by atoms with Gasteiger partial charge >= 0.3 is 0 Å². The topological polar surface area (TPSA) is 0 Å². The first-order valence-corrected chi connectivity index (χ1v) is 5.29. The molecule has 0 aliphatic heterocycles. The van der Waals surface area contributed by atoms with Crippen LogP contribution in [0.1, 0.15) is 16.7 Å². The van der Waals surface area contributed by atoms with Gasteiger partial charge in [0, 0.05) is 0 Å². The first kappa shape index (κ1) is 8.49. The molecular formula is C15H12. The van der Waals surface area contributed by atoms with E-state index in [0.29, 0.717) is 0 Å². The molecule has 1 aromatic carbocycles. The Kier molecular flexibility index (Phi) is 1.92. The highest BCUT2D eigenvalue weighted by Crippen LogP contribution is 2.30. The summed E-state index contributed by atoms with van der Waals surface area (Å²) in [7, 11) is 0. The Balaban J connectivity index is 2.35. The van der Waals surface area contributed by atoms with Crippen LogP contribution >= 0.6 is 0 Å². The van der Waals surface area contributed by atoms with Gasteiger partial charge in [-0.25, -0.2) is 0 Å². The Morgan fingerprint density at radius 1 is 0.933 bits per heavy atom. The average molecular weight is 192 g/mol. The Morgan fingerprint density at radius 2 is 1.87 bits per heavy atom. The molecule has 0 saturated carbocycles. The SMILES string of the molecule is C1=CCc2cccc3c2C(=C1)C=CC=C3. The van der Waals surface area contributed by atoms with E-state index in [2.05, 4.69) is 60.7 Å². The summed E-state index contributed by atoms with van der Waals surface area (Å²) < 4.78 is 0. The molecule has 0 nitrogen and oxygen atoms in total. The Morgan fingerprint density at radius 3 is 2.87 bits per heavy atom. The molecule has 2 aliphatic carbocycles. The normalized spacial score (nSPS) is 16.7. The summed E-state index contributed by atoms with van der Waals surface area (Å²) in [4.78, 5) is 0. The fraction of sp³-hybridized carbons (Fsp3) is 0.0667. The maximum absolute atomic E-state index is 2.22. The van der Waals surface area contributed by atoms with Crippen molar-refractivity contribution in [3.05, 3.63) is 71.3 Å². The van der Waals surface area contributed by atoms with Crippen molar-refractivity contribution in [3.63, 3.8) is 0 Å². The van der Waals surface area contributed by atoms with Crippen molar-refractivity contribution in [3.8, 4) is 0 Å². The molecule has 2 aliphatic rings. The third kappa shape index (κ3) is 1.39. The van der Waals surface area contributed by atoms with Crippen LogP contribution in [-0.4, -0.2) is 0 Å². The van der Waals surface area contributed by atoms with Gasteiger partial charge in [-0.05, 0) is 28.7 Å². The van der Waals surface area contributed by atoms with Crippen molar-refractivity contribution >= 4 is 11.6 Å². The van der Waals surface area contributed by atoms with Gasteiger partial charge in [0.25, 0.3) is 0 Å². The van der Waals surface area contributed by atoms with Crippen LogP contribution in [0.5, 0.6) is 0 Å². The molecule has 0 heteroatoms. The van der Waals surface area contributed by atoms with Crippen LogP contribution < -0.4 is 0 Å². The lowest BCUT2D eigenvalue weighted by Crippen LogP contribution is -1.92. The van der Waals surface area contributed by atoms with Gasteiger partial charge in [0.2, 0.25) is 0 Å². The zero-order valence-electron chi connectivity index (χ0n) is 8.48. The number of allylic oxidation sites excluding steroid dienone is 7. The molecule has 0 unspecified atom stereocenters. The van der Waals surface area contributed by atoms with Crippen molar-refractivity contribution in [1.29, 1.82) is 0 Å². The molecule has 3 rings (SSSR count). The zero-order valence-corrected chi connectivity index (χ0v) is 8.48. The summed E-state index contributed by atoms with van der Waals surface area (Å²) in [5.74, 6) is 0. The summed E-state index contributed by atoms with van der Waals surface area (Å²) in [6, 6.07) is 6.54. The van der Waals surface area contributed by atoms with Crippen molar-refractivity contribution in [1.82, 2.24) is 0 Å². The molecule has 0 radical (unpaired) electrons. The fourth-order valence-electron chi connectivity index (χ4n) is 2.19. The lowest BCUT2D eigenvalue weighted by molar-refractivity contribution is 1.26. The maximum atomic E-state index is 2.22. The maximum Gasteiger partial charge on any atom is -0.00762 e. The number of hydrogen-bond acceptors (Lipinski definition) is 0. The number of rotatable bonds is 0. The van der Waals surface area contributed by atoms with Crippen LogP contribution in [0.4, 0.5) is 0 Å². The van der Waals surface area contributed by atoms with Gasteiger partial charge in [0.05, 0.1) is 0 Å². The molecule has 0 amide bonds. The lowest BCUT2D eigenvalue weighted by Gasteiger charge is -2.10. The molecule has 0 aromatic heterocycles. The van der Waals surface area contributed by atoms with Gasteiger partial charge in [-0.1, -0.05) is 60.7 Å². The third-order valence-corrected chi connectivity index (χ3v) is 2.88. The molecule has 72 valence electrons. The second kappa shape index (κ2) is 3.39. The van der Waals surface area contributed by atoms with E-state index >= 15 is 0 Å². The monoisotopic (exact) mass is 192 g/mol. The second-order valence-electron chi connectivity index (χ2n) is 3.85. The van der Waals surface area contributed by atoms with E-state index < -0.39 is 0 Å². The van der Waals surface area contributed by atoms with Gasteiger partial charge in [-0.2, -0.15) is 0 Å².